The number of nitrogens with one attached hydrogen (secondary N) is 1. The van der Waals surface area contributed by atoms with E-state index in [9.17, 15) is 4.79 Å². The molecule has 0 fully saturated rings. The summed E-state index contributed by atoms with van der Waals surface area (Å²) in [5, 5.41) is 4.51. The number of hydrogen-bond donors (Lipinski definition) is 1. The number of nitrogens with zero attached hydrogens (tertiary/aromatic N) is 1. The van der Waals surface area contributed by atoms with E-state index in [-0.39, 0.29) is 5.91 Å². The molecular formula is C14H19ClN2O. The Labute approximate surface area is 113 Å². The summed E-state index contributed by atoms with van der Waals surface area (Å²) in [5.74, 6) is 0.360. The molecule has 0 spiro atoms. The third-order valence-corrected chi connectivity index (χ3v) is 2.88. The molecule has 4 heteroatoms. The van der Waals surface area contributed by atoms with Crippen molar-refractivity contribution in [3.8, 4) is 0 Å². The van der Waals surface area contributed by atoms with Gasteiger partial charge in [-0.25, -0.2) is 5.43 Å². The molecule has 1 aromatic carbocycles. The molecule has 0 saturated heterocycles. The fourth-order valence-corrected chi connectivity index (χ4v) is 1.63. The number of benzene rings is 1. The molecule has 18 heavy (non-hydrogen) atoms. The summed E-state index contributed by atoms with van der Waals surface area (Å²) < 4.78 is 0. The van der Waals surface area contributed by atoms with E-state index in [2.05, 4.69) is 24.4 Å². The van der Waals surface area contributed by atoms with E-state index in [4.69, 9.17) is 11.6 Å². The van der Waals surface area contributed by atoms with Crippen molar-refractivity contribution in [3.05, 3.63) is 34.9 Å². The summed E-state index contributed by atoms with van der Waals surface area (Å²) in [5.41, 5.74) is 3.89. The van der Waals surface area contributed by atoms with E-state index in [1.807, 2.05) is 6.92 Å². The van der Waals surface area contributed by atoms with Gasteiger partial charge in [0, 0.05) is 5.71 Å². The molecule has 0 saturated carbocycles. The van der Waals surface area contributed by atoms with Gasteiger partial charge in [0.25, 0.3) is 5.91 Å². The Morgan fingerprint density at radius 2 is 2.06 bits per heavy atom. The highest BCUT2D eigenvalue weighted by Gasteiger charge is 2.08. The van der Waals surface area contributed by atoms with Gasteiger partial charge >= 0.3 is 0 Å². The monoisotopic (exact) mass is 266 g/mol. The zero-order valence-corrected chi connectivity index (χ0v) is 11.8. The summed E-state index contributed by atoms with van der Waals surface area (Å²) in [4.78, 5) is 11.8. The first-order valence-electron chi connectivity index (χ1n) is 6.08. The van der Waals surface area contributed by atoms with Crippen LogP contribution in [0.1, 0.15) is 44.0 Å². The molecule has 3 nitrogen and oxygen atoms in total. The number of hydrazone groups is 1. The molecule has 0 unspecified atom stereocenters. The Morgan fingerprint density at radius 1 is 1.39 bits per heavy atom. The van der Waals surface area contributed by atoms with Crippen LogP contribution in [0.15, 0.2) is 29.4 Å². The minimum Gasteiger partial charge on any atom is -0.267 e. The van der Waals surface area contributed by atoms with Crippen molar-refractivity contribution in [2.45, 2.75) is 33.6 Å². The molecule has 0 aromatic heterocycles. The van der Waals surface area contributed by atoms with Crippen LogP contribution in [0.4, 0.5) is 0 Å². The molecule has 98 valence electrons. The summed E-state index contributed by atoms with van der Waals surface area (Å²) in [6.07, 6.45) is 1.96. The van der Waals surface area contributed by atoms with E-state index in [0.717, 1.165) is 18.6 Å². The fourth-order valence-electron chi connectivity index (χ4n) is 1.41. The maximum atomic E-state index is 11.8. The quantitative estimate of drug-likeness (QED) is 0.638. The van der Waals surface area contributed by atoms with Gasteiger partial charge in [-0.2, -0.15) is 5.10 Å². The van der Waals surface area contributed by atoms with E-state index < -0.39 is 0 Å². The lowest BCUT2D eigenvalue weighted by atomic mass is 10.1. The van der Waals surface area contributed by atoms with Gasteiger partial charge in [-0.05, 0) is 37.8 Å². The van der Waals surface area contributed by atoms with Crippen LogP contribution in [0.5, 0.6) is 0 Å². The Hall–Kier alpha value is -1.35. The second-order valence-corrected chi connectivity index (χ2v) is 5.11. The minimum atomic E-state index is -0.274. The largest absolute Gasteiger partial charge is 0.272 e. The third-order valence-electron chi connectivity index (χ3n) is 2.55. The van der Waals surface area contributed by atoms with E-state index >= 15 is 0 Å². The molecule has 0 aliphatic carbocycles. The van der Waals surface area contributed by atoms with Crippen molar-refractivity contribution in [1.29, 1.82) is 0 Å². The SMILES string of the molecule is C/C(CCC(C)C)=N/NC(=O)c1ccccc1Cl. The van der Waals surface area contributed by atoms with Crippen molar-refractivity contribution >= 4 is 23.2 Å². The third kappa shape index (κ3) is 4.88. The second-order valence-electron chi connectivity index (χ2n) is 4.70. The van der Waals surface area contributed by atoms with Gasteiger partial charge < -0.3 is 0 Å². The second kappa shape index (κ2) is 7.17. The van der Waals surface area contributed by atoms with E-state index in [1.54, 1.807) is 24.3 Å². The normalized spacial score (nSPS) is 11.7. The van der Waals surface area contributed by atoms with Crippen LogP contribution in [0.25, 0.3) is 0 Å². The summed E-state index contributed by atoms with van der Waals surface area (Å²) in [6, 6.07) is 6.93. The van der Waals surface area contributed by atoms with Gasteiger partial charge in [-0.3, -0.25) is 4.79 Å². The van der Waals surface area contributed by atoms with Crippen molar-refractivity contribution in [2.24, 2.45) is 11.0 Å². The molecule has 1 amide bonds. The predicted molar refractivity (Wildman–Crippen MR) is 76.1 cm³/mol. The maximum absolute atomic E-state index is 11.8. The molecule has 0 heterocycles. The van der Waals surface area contributed by atoms with Crippen LogP contribution in [0, 0.1) is 5.92 Å². The Morgan fingerprint density at radius 3 is 2.67 bits per heavy atom. The highest BCUT2D eigenvalue weighted by Crippen LogP contribution is 2.14. The Balaban J connectivity index is 2.56. The van der Waals surface area contributed by atoms with Crippen LogP contribution in [-0.4, -0.2) is 11.6 Å². The zero-order chi connectivity index (χ0) is 13.5. The number of amides is 1. The summed E-state index contributed by atoms with van der Waals surface area (Å²) in [7, 11) is 0. The molecule has 1 aromatic rings. The smallest absolute Gasteiger partial charge is 0.267 e. The molecule has 1 N–H and O–H groups in total. The van der Waals surface area contributed by atoms with Crippen LogP contribution in [0.3, 0.4) is 0 Å². The highest BCUT2D eigenvalue weighted by molar-refractivity contribution is 6.33. The number of carbonyl (C=O) groups excluding carboxylic acids is 1. The molecule has 0 atom stereocenters. The lowest BCUT2D eigenvalue weighted by molar-refractivity contribution is 0.0955. The van der Waals surface area contributed by atoms with E-state index in [1.165, 1.54) is 0 Å². The van der Waals surface area contributed by atoms with Crippen molar-refractivity contribution in [2.75, 3.05) is 0 Å². The first-order valence-corrected chi connectivity index (χ1v) is 6.46. The number of halogens is 1. The number of carbonyl (C=O) groups is 1. The van der Waals surface area contributed by atoms with Gasteiger partial charge in [0.2, 0.25) is 0 Å². The van der Waals surface area contributed by atoms with E-state index in [0.29, 0.717) is 16.5 Å². The van der Waals surface area contributed by atoms with Crippen LogP contribution < -0.4 is 5.43 Å². The average Bonchev–Trinajstić information content (AvgIpc) is 2.34. The molecule has 0 aliphatic heterocycles. The van der Waals surface area contributed by atoms with Gasteiger partial charge in [0.15, 0.2) is 0 Å². The summed E-state index contributed by atoms with van der Waals surface area (Å²) >= 11 is 5.93. The van der Waals surface area contributed by atoms with Gasteiger partial charge in [-0.15, -0.1) is 0 Å². The molecule has 0 radical (unpaired) electrons. The van der Waals surface area contributed by atoms with Gasteiger partial charge in [-0.1, -0.05) is 37.6 Å². The Bertz CT molecular complexity index is 441. The first-order chi connectivity index (χ1) is 8.50. The number of rotatable bonds is 5. The lowest BCUT2D eigenvalue weighted by Gasteiger charge is -2.05. The molecule has 0 bridgehead atoms. The minimum absolute atomic E-state index is 0.274. The number of hydrogen-bond acceptors (Lipinski definition) is 2. The zero-order valence-electron chi connectivity index (χ0n) is 11.0. The van der Waals surface area contributed by atoms with Crippen LogP contribution in [-0.2, 0) is 0 Å². The Kier molecular flexibility index (Phi) is 5.86. The lowest BCUT2D eigenvalue weighted by Crippen LogP contribution is -2.19. The average molecular weight is 267 g/mol. The predicted octanol–water partition coefficient (Wildman–Crippen LogP) is 3.88. The molecule has 0 aliphatic rings. The first kappa shape index (κ1) is 14.7. The van der Waals surface area contributed by atoms with Crippen molar-refractivity contribution in [1.82, 2.24) is 5.43 Å². The molecule has 1 rings (SSSR count). The standard InChI is InChI=1S/C14H19ClN2O/c1-10(2)8-9-11(3)16-17-14(18)12-6-4-5-7-13(12)15/h4-7,10H,8-9H2,1-3H3,(H,17,18)/b16-11-. The van der Waals surface area contributed by atoms with Crippen molar-refractivity contribution < 1.29 is 4.79 Å². The topological polar surface area (TPSA) is 41.5 Å². The van der Waals surface area contributed by atoms with Crippen molar-refractivity contribution in [3.63, 3.8) is 0 Å². The van der Waals surface area contributed by atoms with Gasteiger partial charge in [0.05, 0.1) is 10.6 Å². The highest BCUT2D eigenvalue weighted by atomic mass is 35.5. The summed E-state index contributed by atoms with van der Waals surface area (Å²) in [6.45, 7) is 6.24. The van der Waals surface area contributed by atoms with Gasteiger partial charge in [0.1, 0.15) is 0 Å². The molecular weight excluding hydrogens is 248 g/mol. The van der Waals surface area contributed by atoms with Crippen LogP contribution in [0.2, 0.25) is 5.02 Å². The van der Waals surface area contributed by atoms with Crippen LogP contribution >= 0.6 is 11.6 Å². The maximum Gasteiger partial charge on any atom is 0.272 e. The fraction of sp³-hybridized carbons (Fsp3) is 0.429.